The summed E-state index contributed by atoms with van der Waals surface area (Å²) in [4.78, 5) is 5.01. The summed E-state index contributed by atoms with van der Waals surface area (Å²) in [6.45, 7) is 7.41. The first kappa shape index (κ1) is 20.6. The first-order valence-electron chi connectivity index (χ1n) is 10.1. The molecule has 0 radical (unpaired) electrons. The largest absolute Gasteiger partial charge is 0.497 e. The van der Waals surface area contributed by atoms with E-state index in [1.54, 1.807) is 7.11 Å². The highest BCUT2D eigenvalue weighted by Crippen LogP contribution is 2.19. The van der Waals surface area contributed by atoms with Crippen molar-refractivity contribution in [1.82, 2.24) is 9.80 Å². The molecule has 2 aromatic carbocycles. The molecule has 0 aliphatic carbocycles. The Balaban J connectivity index is 1.55. The minimum Gasteiger partial charge on any atom is -0.497 e. The molecule has 3 rings (SSSR count). The van der Waals surface area contributed by atoms with Crippen LogP contribution in [0.2, 0.25) is 0 Å². The molecule has 28 heavy (non-hydrogen) atoms. The Hall–Kier alpha value is -2.14. The summed E-state index contributed by atoms with van der Waals surface area (Å²) in [5.74, 6) is 0.883. The standard InChI is InChI=1S/C24H32N2O2/c1-20-6-3-4-8-22(20)18-26-16-15-25(19-23(26)13-17-27)14-5-7-21-9-11-24(28-2)12-10-21/h3-12,23,27H,13-19H2,1-2H3/b7-5+. The second kappa shape index (κ2) is 10.4. The lowest BCUT2D eigenvalue weighted by atomic mass is 10.0. The highest BCUT2D eigenvalue weighted by atomic mass is 16.5. The molecule has 1 fully saturated rings. The molecule has 4 nitrogen and oxygen atoms in total. The molecule has 1 aliphatic rings. The SMILES string of the molecule is COc1ccc(/C=C/CN2CCN(Cc3ccccc3C)C(CCO)C2)cc1. The van der Waals surface area contributed by atoms with Crippen LogP contribution >= 0.6 is 0 Å². The zero-order chi connectivity index (χ0) is 19.8. The smallest absolute Gasteiger partial charge is 0.118 e. The quantitative estimate of drug-likeness (QED) is 0.759. The van der Waals surface area contributed by atoms with Crippen LogP contribution in [0.1, 0.15) is 23.1 Å². The zero-order valence-corrected chi connectivity index (χ0v) is 17.1. The first-order chi connectivity index (χ1) is 13.7. The number of methoxy groups -OCH3 is 1. The van der Waals surface area contributed by atoms with Gasteiger partial charge in [-0.1, -0.05) is 48.6 Å². The Morgan fingerprint density at radius 1 is 1.11 bits per heavy atom. The molecule has 4 heteroatoms. The Labute approximate surface area is 169 Å². The van der Waals surface area contributed by atoms with Gasteiger partial charge in [0.25, 0.3) is 0 Å². The van der Waals surface area contributed by atoms with Crippen molar-refractivity contribution in [2.45, 2.75) is 25.9 Å². The number of piperazine rings is 1. The number of aryl methyl sites for hydroxylation is 1. The topological polar surface area (TPSA) is 35.9 Å². The van der Waals surface area contributed by atoms with Crippen molar-refractivity contribution in [2.75, 3.05) is 39.9 Å². The highest BCUT2D eigenvalue weighted by Gasteiger charge is 2.26. The van der Waals surface area contributed by atoms with Crippen LogP contribution in [-0.4, -0.2) is 60.8 Å². The molecule has 0 saturated carbocycles. The van der Waals surface area contributed by atoms with Gasteiger partial charge in [0.1, 0.15) is 5.75 Å². The van der Waals surface area contributed by atoms with Gasteiger partial charge in [0, 0.05) is 45.4 Å². The van der Waals surface area contributed by atoms with Crippen LogP contribution in [-0.2, 0) is 6.54 Å². The molecule has 1 saturated heterocycles. The fourth-order valence-corrected chi connectivity index (χ4v) is 3.81. The van der Waals surface area contributed by atoms with E-state index in [0.717, 1.165) is 44.9 Å². The van der Waals surface area contributed by atoms with Gasteiger partial charge in [-0.2, -0.15) is 0 Å². The average Bonchev–Trinajstić information content (AvgIpc) is 2.72. The van der Waals surface area contributed by atoms with Crippen molar-refractivity contribution in [3.05, 3.63) is 71.3 Å². The summed E-state index contributed by atoms with van der Waals surface area (Å²) in [6, 6.07) is 17.1. The third kappa shape index (κ3) is 5.68. The van der Waals surface area contributed by atoms with Crippen LogP contribution < -0.4 is 4.74 Å². The third-order valence-corrected chi connectivity index (χ3v) is 5.58. The predicted molar refractivity (Wildman–Crippen MR) is 116 cm³/mol. The molecule has 150 valence electrons. The van der Waals surface area contributed by atoms with E-state index in [0.29, 0.717) is 6.04 Å². The number of nitrogens with zero attached hydrogens (tertiary/aromatic N) is 2. The molecule has 1 N–H and O–H groups in total. The van der Waals surface area contributed by atoms with Gasteiger partial charge in [0.2, 0.25) is 0 Å². The first-order valence-corrected chi connectivity index (χ1v) is 10.1. The number of rotatable bonds is 8. The Kier molecular flexibility index (Phi) is 7.66. The van der Waals surface area contributed by atoms with Crippen molar-refractivity contribution in [2.24, 2.45) is 0 Å². The van der Waals surface area contributed by atoms with Crippen molar-refractivity contribution >= 4 is 6.08 Å². The van der Waals surface area contributed by atoms with E-state index in [1.165, 1.54) is 16.7 Å². The minimum atomic E-state index is 0.241. The summed E-state index contributed by atoms with van der Waals surface area (Å²) in [6.07, 6.45) is 5.22. The van der Waals surface area contributed by atoms with E-state index in [1.807, 2.05) is 12.1 Å². The van der Waals surface area contributed by atoms with E-state index in [2.05, 4.69) is 65.3 Å². The monoisotopic (exact) mass is 380 g/mol. The van der Waals surface area contributed by atoms with Gasteiger partial charge in [-0.3, -0.25) is 9.80 Å². The maximum absolute atomic E-state index is 9.54. The summed E-state index contributed by atoms with van der Waals surface area (Å²) in [7, 11) is 1.69. The van der Waals surface area contributed by atoms with Crippen LogP contribution in [0.15, 0.2) is 54.6 Å². The number of aliphatic hydroxyl groups is 1. The van der Waals surface area contributed by atoms with E-state index in [4.69, 9.17) is 4.74 Å². The molecule has 1 aliphatic heterocycles. The van der Waals surface area contributed by atoms with Gasteiger partial charge < -0.3 is 9.84 Å². The summed E-state index contributed by atoms with van der Waals surface area (Å²) < 4.78 is 5.21. The number of aliphatic hydroxyl groups excluding tert-OH is 1. The maximum Gasteiger partial charge on any atom is 0.118 e. The van der Waals surface area contributed by atoms with Gasteiger partial charge in [0.05, 0.1) is 7.11 Å². The molecule has 0 aromatic heterocycles. The van der Waals surface area contributed by atoms with Crippen LogP contribution in [0.3, 0.4) is 0 Å². The molecule has 1 atom stereocenters. The van der Waals surface area contributed by atoms with Gasteiger partial charge in [0.15, 0.2) is 0 Å². The van der Waals surface area contributed by atoms with Crippen molar-refractivity contribution in [3.8, 4) is 5.75 Å². The van der Waals surface area contributed by atoms with E-state index in [9.17, 15) is 5.11 Å². The molecular formula is C24H32N2O2. The zero-order valence-electron chi connectivity index (χ0n) is 17.1. The van der Waals surface area contributed by atoms with E-state index in [-0.39, 0.29) is 6.61 Å². The summed E-state index contributed by atoms with van der Waals surface area (Å²) in [5.41, 5.74) is 3.92. The predicted octanol–water partition coefficient (Wildman–Crippen LogP) is 3.59. The van der Waals surface area contributed by atoms with Crippen molar-refractivity contribution in [1.29, 1.82) is 0 Å². The van der Waals surface area contributed by atoms with Crippen LogP contribution in [0.5, 0.6) is 5.75 Å². The highest BCUT2D eigenvalue weighted by molar-refractivity contribution is 5.50. The lowest BCUT2D eigenvalue weighted by molar-refractivity contribution is 0.0595. The van der Waals surface area contributed by atoms with E-state index < -0.39 is 0 Å². The van der Waals surface area contributed by atoms with Gasteiger partial charge in [-0.05, 0) is 42.2 Å². The number of hydrogen-bond donors (Lipinski definition) is 1. The number of benzene rings is 2. The Morgan fingerprint density at radius 2 is 1.89 bits per heavy atom. The molecule has 1 heterocycles. The van der Waals surface area contributed by atoms with Gasteiger partial charge >= 0.3 is 0 Å². The second-order valence-corrected chi connectivity index (χ2v) is 7.50. The molecule has 2 aromatic rings. The number of hydrogen-bond acceptors (Lipinski definition) is 4. The molecule has 0 spiro atoms. The van der Waals surface area contributed by atoms with Crippen LogP contribution in [0.25, 0.3) is 6.08 Å². The lowest BCUT2D eigenvalue weighted by Crippen LogP contribution is -2.52. The molecule has 0 amide bonds. The van der Waals surface area contributed by atoms with Crippen LogP contribution in [0, 0.1) is 6.92 Å². The van der Waals surface area contributed by atoms with Crippen LogP contribution in [0.4, 0.5) is 0 Å². The molecular weight excluding hydrogens is 348 g/mol. The lowest BCUT2D eigenvalue weighted by Gasteiger charge is -2.41. The fraction of sp³-hybridized carbons (Fsp3) is 0.417. The summed E-state index contributed by atoms with van der Waals surface area (Å²) in [5, 5.41) is 9.54. The van der Waals surface area contributed by atoms with Gasteiger partial charge in [-0.25, -0.2) is 0 Å². The van der Waals surface area contributed by atoms with Crippen molar-refractivity contribution < 1.29 is 9.84 Å². The Bertz CT molecular complexity index is 757. The Morgan fingerprint density at radius 3 is 2.61 bits per heavy atom. The maximum atomic E-state index is 9.54. The normalized spacial score (nSPS) is 18.6. The van der Waals surface area contributed by atoms with Crippen molar-refractivity contribution in [3.63, 3.8) is 0 Å². The second-order valence-electron chi connectivity index (χ2n) is 7.50. The molecule has 1 unspecified atom stereocenters. The average molecular weight is 381 g/mol. The van der Waals surface area contributed by atoms with E-state index >= 15 is 0 Å². The fourth-order valence-electron chi connectivity index (χ4n) is 3.81. The molecule has 0 bridgehead atoms. The number of ether oxygens (including phenoxy) is 1. The summed E-state index contributed by atoms with van der Waals surface area (Å²) >= 11 is 0. The third-order valence-electron chi connectivity index (χ3n) is 5.58. The minimum absolute atomic E-state index is 0.241. The van der Waals surface area contributed by atoms with Gasteiger partial charge in [-0.15, -0.1) is 0 Å².